The number of carbonyl (C=O) groups excluding carboxylic acids is 1. The van der Waals surface area contributed by atoms with Crippen molar-refractivity contribution in [3.05, 3.63) is 63.6 Å². The van der Waals surface area contributed by atoms with Crippen molar-refractivity contribution in [2.75, 3.05) is 13.1 Å². The third-order valence-corrected chi connectivity index (χ3v) is 4.34. The van der Waals surface area contributed by atoms with Gasteiger partial charge in [-0.1, -0.05) is 12.1 Å². The molecule has 7 nitrogen and oxygen atoms in total. The van der Waals surface area contributed by atoms with Crippen LogP contribution in [0.2, 0.25) is 0 Å². The Labute approximate surface area is 149 Å². The smallest absolute Gasteiger partial charge is 0.288 e. The molecule has 0 atom stereocenters. The van der Waals surface area contributed by atoms with E-state index in [4.69, 9.17) is 4.74 Å². The van der Waals surface area contributed by atoms with Crippen LogP contribution in [0.25, 0.3) is 0 Å². The number of likely N-dealkylation sites (tertiary alicyclic amines) is 1. The molecule has 3 rings (SSSR count). The number of piperidine rings is 1. The van der Waals surface area contributed by atoms with Crippen molar-refractivity contribution in [3.8, 4) is 5.88 Å². The van der Waals surface area contributed by atoms with Crippen LogP contribution in [0.3, 0.4) is 0 Å². The van der Waals surface area contributed by atoms with Gasteiger partial charge in [0.1, 0.15) is 18.1 Å². The lowest BCUT2D eigenvalue weighted by atomic mass is 10.1. The molecule has 136 valence electrons. The summed E-state index contributed by atoms with van der Waals surface area (Å²) in [6, 6.07) is 7.34. The molecule has 1 aliphatic heterocycles. The Balaban J connectivity index is 1.60. The van der Waals surface area contributed by atoms with Gasteiger partial charge in [0, 0.05) is 37.6 Å². The molecular weight excluding hydrogens is 341 g/mol. The summed E-state index contributed by atoms with van der Waals surface area (Å²) in [5, 5.41) is 10.8. The Morgan fingerprint density at radius 2 is 2.04 bits per heavy atom. The number of benzene rings is 1. The normalized spacial score (nSPS) is 14.9. The maximum Gasteiger partial charge on any atom is 0.288 e. The summed E-state index contributed by atoms with van der Waals surface area (Å²) < 4.78 is 19.6. The number of carbonyl (C=O) groups is 1. The molecule has 1 aromatic heterocycles. The van der Waals surface area contributed by atoms with Crippen LogP contribution >= 0.6 is 0 Å². The number of pyridine rings is 1. The van der Waals surface area contributed by atoms with Gasteiger partial charge in [-0.05, 0) is 19.1 Å². The quantitative estimate of drug-likeness (QED) is 0.618. The van der Waals surface area contributed by atoms with Gasteiger partial charge in [-0.25, -0.2) is 9.37 Å². The zero-order chi connectivity index (χ0) is 18.7. The van der Waals surface area contributed by atoms with E-state index in [0.29, 0.717) is 37.4 Å². The van der Waals surface area contributed by atoms with Gasteiger partial charge < -0.3 is 9.64 Å². The second-order valence-corrected chi connectivity index (χ2v) is 6.16. The highest BCUT2D eigenvalue weighted by Gasteiger charge is 2.26. The van der Waals surface area contributed by atoms with Crippen LogP contribution in [-0.4, -0.2) is 39.9 Å². The van der Waals surface area contributed by atoms with Gasteiger partial charge >= 0.3 is 0 Å². The number of aromatic nitrogens is 1. The van der Waals surface area contributed by atoms with Gasteiger partial charge in [0.2, 0.25) is 5.88 Å². The molecule has 0 spiro atoms. The monoisotopic (exact) mass is 359 g/mol. The molecule has 2 heterocycles. The second kappa shape index (κ2) is 7.47. The van der Waals surface area contributed by atoms with Crippen LogP contribution in [0, 0.1) is 22.9 Å². The van der Waals surface area contributed by atoms with Crippen molar-refractivity contribution in [1.29, 1.82) is 0 Å². The Bertz CT molecular complexity index is 835. The molecule has 0 saturated carbocycles. The summed E-state index contributed by atoms with van der Waals surface area (Å²) in [5.41, 5.74) is 0.573. The number of hydrogen-bond donors (Lipinski definition) is 0. The van der Waals surface area contributed by atoms with Crippen molar-refractivity contribution in [2.45, 2.75) is 25.9 Å². The fourth-order valence-electron chi connectivity index (χ4n) is 2.91. The maximum atomic E-state index is 13.8. The van der Waals surface area contributed by atoms with E-state index >= 15 is 0 Å². The number of nitro groups is 1. The average Bonchev–Trinajstić information content (AvgIpc) is 2.63. The van der Waals surface area contributed by atoms with Gasteiger partial charge in [0.05, 0.1) is 10.5 Å². The summed E-state index contributed by atoms with van der Waals surface area (Å²) >= 11 is 0. The van der Waals surface area contributed by atoms with Crippen molar-refractivity contribution in [3.63, 3.8) is 0 Å². The first-order chi connectivity index (χ1) is 12.5. The van der Waals surface area contributed by atoms with E-state index in [0.717, 1.165) is 0 Å². The average molecular weight is 359 g/mol. The fraction of sp³-hybridized carbons (Fsp3) is 0.333. The van der Waals surface area contributed by atoms with Crippen molar-refractivity contribution in [1.82, 2.24) is 9.88 Å². The van der Waals surface area contributed by atoms with Gasteiger partial charge in [-0.3, -0.25) is 14.9 Å². The molecule has 8 heteroatoms. The molecule has 1 amide bonds. The van der Waals surface area contributed by atoms with Crippen LogP contribution < -0.4 is 4.74 Å². The molecule has 2 aromatic rings. The first-order valence-electron chi connectivity index (χ1n) is 8.27. The van der Waals surface area contributed by atoms with Crippen molar-refractivity contribution in [2.24, 2.45) is 0 Å². The minimum absolute atomic E-state index is 0.0692. The molecule has 1 fully saturated rings. The molecular formula is C18H18FN3O4. The number of nitrogens with zero attached hydrogens (tertiary/aromatic N) is 3. The van der Waals surface area contributed by atoms with Crippen LogP contribution in [0.1, 0.15) is 28.8 Å². The summed E-state index contributed by atoms with van der Waals surface area (Å²) in [4.78, 5) is 28.3. The van der Waals surface area contributed by atoms with E-state index in [-0.39, 0.29) is 23.3 Å². The first-order valence-corrected chi connectivity index (χ1v) is 8.27. The Morgan fingerprint density at radius 1 is 1.35 bits per heavy atom. The third kappa shape index (κ3) is 3.79. The maximum absolute atomic E-state index is 13.8. The van der Waals surface area contributed by atoms with Crippen LogP contribution in [-0.2, 0) is 0 Å². The number of aryl methyl sites for hydroxylation is 1. The lowest BCUT2D eigenvalue weighted by Crippen LogP contribution is -2.42. The zero-order valence-electron chi connectivity index (χ0n) is 14.2. The van der Waals surface area contributed by atoms with E-state index in [1.165, 1.54) is 24.4 Å². The molecule has 0 N–H and O–H groups in total. The number of halogens is 1. The molecule has 0 bridgehead atoms. The predicted molar refractivity (Wildman–Crippen MR) is 91.6 cm³/mol. The number of amides is 1. The van der Waals surface area contributed by atoms with E-state index in [9.17, 15) is 19.3 Å². The highest BCUT2D eigenvalue weighted by atomic mass is 19.1. The molecule has 0 aliphatic carbocycles. The predicted octanol–water partition coefficient (Wildman–Crippen LogP) is 3.12. The topological polar surface area (TPSA) is 85.6 Å². The van der Waals surface area contributed by atoms with E-state index in [2.05, 4.69) is 4.98 Å². The largest absolute Gasteiger partial charge is 0.474 e. The highest BCUT2D eigenvalue weighted by molar-refractivity contribution is 5.94. The number of hydrogen-bond acceptors (Lipinski definition) is 5. The van der Waals surface area contributed by atoms with Gasteiger partial charge in [0.25, 0.3) is 11.6 Å². The third-order valence-electron chi connectivity index (χ3n) is 4.34. The first kappa shape index (κ1) is 17.8. The van der Waals surface area contributed by atoms with E-state index in [1.54, 1.807) is 24.0 Å². The highest BCUT2D eigenvalue weighted by Crippen LogP contribution is 2.24. The zero-order valence-corrected chi connectivity index (χ0v) is 14.2. The number of rotatable bonds is 4. The van der Waals surface area contributed by atoms with Crippen LogP contribution in [0.15, 0.2) is 36.5 Å². The minimum atomic E-state index is -0.526. The van der Waals surface area contributed by atoms with Crippen LogP contribution in [0.4, 0.5) is 10.1 Å². The van der Waals surface area contributed by atoms with Gasteiger partial charge in [0.15, 0.2) is 0 Å². The fourth-order valence-corrected chi connectivity index (χ4v) is 2.91. The SMILES string of the molecule is Cc1cc([N+](=O)[O-])cnc1OC1CCN(C(=O)c2ccccc2F)CC1. The Morgan fingerprint density at radius 3 is 2.65 bits per heavy atom. The van der Waals surface area contributed by atoms with Crippen molar-refractivity contribution < 1.29 is 18.8 Å². The molecule has 0 unspecified atom stereocenters. The summed E-state index contributed by atoms with van der Waals surface area (Å²) in [6.45, 7) is 2.60. The van der Waals surface area contributed by atoms with Crippen molar-refractivity contribution >= 4 is 11.6 Å². The van der Waals surface area contributed by atoms with Crippen LogP contribution in [0.5, 0.6) is 5.88 Å². The van der Waals surface area contributed by atoms with Gasteiger partial charge in [-0.2, -0.15) is 0 Å². The molecule has 26 heavy (non-hydrogen) atoms. The lowest BCUT2D eigenvalue weighted by molar-refractivity contribution is -0.385. The molecule has 1 aliphatic rings. The standard InChI is InChI=1S/C18H18FN3O4/c1-12-10-13(22(24)25)11-20-17(12)26-14-6-8-21(9-7-14)18(23)15-4-2-3-5-16(15)19/h2-5,10-11,14H,6-9H2,1H3. The lowest BCUT2D eigenvalue weighted by Gasteiger charge is -2.32. The minimum Gasteiger partial charge on any atom is -0.474 e. The van der Waals surface area contributed by atoms with E-state index in [1.807, 2.05) is 0 Å². The molecule has 1 aromatic carbocycles. The van der Waals surface area contributed by atoms with E-state index < -0.39 is 10.7 Å². The summed E-state index contributed by atoms with van der Waals surface area (Å²) in [5.74, 6) is -0.498. The van der Waals surface area contributed by atoms with Gasteiger partial charge in [-0.15, -0.1) is 0 Å². The molecule has 1 saturated heterocycles. The Hall–Kier alpha value is -3.03. The molecule has 0 radical (unpaired) electrons. The summed E-state index contributed by atoms with van der Waals surface area (Å²) in [6.07, 6.45) is 2.18. The Kier molecular flexibility index (Phi) is 5.11. The number of ether oxygens (including phenoxy) is 1. The summed E-state index contributed by atoms with van der Waals surface area (Å²) in [7, 11) is 0. The second-order valence-electron chi connectivity index (χ2n) is 6.16.